The van der Waals surface area contributed by atoms with Crippen molar-refractivity contribution in [2.45, 2.75) is 19.3 Å². The Morgan fingerprint density at radius 1 is 1.08 bits per heavy atom. The molecule has 0 atom stereocenters. The molecule has 3 N–H and O–H groups in total. The summed E-state index contributed by atoms with van der Waals surface area (Å²) in [6, 6.07) is 10.1. The highest BCUT2D eigenvalue weighted by atomic mass is 16.2. The molecule has 6 rings (SSSR count). The van der Waals surface area contributed by atoms with Crippen molar-refractivity contribution in [2.75, 3.05) is 43.9 Å². The molecular formula is C27H29N9O. The van der Waals surface area contributed by atoms with Crippen molar-refractivity contribution in [3.8, 4) is 22.8 Å². The highest BCUT2D eigenvalue weighted by molar-refractivity contribution is 5.97. The van der Waals surface area contributed by atoms with Crippen LogP contribution in [0.15, 0.2) is 48.9 Å². The van der Waals surface area contributed by atoms with Gasteiger partial charge in [-0.1, -0.05) is 6.07 Å². The number of aromatic nitrogens is 6. The SMILES string of the molecule is CN(C)CC(=O)Nc1cncc(-c2cc3c(-c4nc5c(N6CCCCC6)cccc5[nH]4)n[nH]c3cn2)c1. The third kappa shape index (κ3) is 4.63. The van der Waals surface area contributed by atoms with Crippen LogP contribution in [0.4, 0.5) is 11.4 Å². The van der Waals surface area contributed by atoms with Crippen LogP contribution < -0.4 is 10.2 Å². The number of fused-ring (bicyclic) bond motifs is 2. The van der Waals surface area contributed by atoms with Gasteiger partial charge in [-0.05, 0) is 57.6 Å². The molecule has 1 amide bonds. The summed E-state index contributed by atoms with van der Waals surface area (Å²) in [6.45, 7) is 2.42. The molecule has 188 valence electrons. The summed E-state index contributed by atoms with van der Waals surface area (Å²) < 4.78 is 0. The molecule has 5 heterocycles. The summed E-state index contributed by atoms with van der Waals surface area (Å²) in [5.41, 5.74) is 6.85. The van der Waals surface area contributed by atoms with Crippen molar-refractivity contribution in [2.24, 2.45) is 0 Å². The maximum Gasteiger partial charge on any atom is 0.238 e. The Balaban J connectivity index is 1.35. The van der Waals surface area contributed by atoms with E-state index in [4.69, 9.17) is 4.98 Å². The second-order valence-corrected chi connectivity index (χ2v) is 9.74. The standard InChI is InChI=1S/C27H29N9O/c1-35(2)16-24(37)30-18-11-17(13-28-14-18)21-12-19-22(15-29-21)33-34-25(19)27-31-20-7-6-8-23(26(20)32-27)36-9-4-3-5-10-36/h6-8,11-15H,3-5,9-10,16H2,1-2H3,(H,30,37)(H,31,32)(H,33,34). The lowest BCUT2D eigenvalue weighted by Gasteiger charge is -2.28. The number of nitrogens with zero attached hydrogens (tertiary/aromatic N) is 6. The zero-order valence-corrected chi connectivity index (χ0v) is 21.0. The van der Waals surface area contributed by atoms with E-state index in [2.05, 4.69) is 53.6 Å². The summed E-state index contributed by atoms with van der Waals surface area (Å²) in [6.07, 6.45) is 8.84. The van der Waals surface area contributed by atoms with E-state index in [1.54, 1.807) is 18.6 Å². The van der Waals surface area contributed by atoms with Crippen molar-refractivity contribution in [1.29, 1.82) is 0 Å². The van der Waals surface area contributed by atoms with E-state index in [-0.39, 0.29) is 5.91 Å². The van der Waals surface area contributed by atoms with Gasteiger partial charge < -0.3 is 20.1 Å². The minimum atomic E-state index is -0.0988. The number of carbonyl (C=O) groups is 1. The molecule has 10 nitrogen and oxygen atoms in total. The first-order chi connectivity index (χ1) is 18.0. The smallest absolute Gasteiger partial charge is 0.238 e. The average Bonchev–Trinajstić information content (AvgIpc) is 3.52. The van der Waals surface area contributed by atoms with Gasteiger partial charge in [0.15, 0.2) is 5.82 Å². The number of amides is 1. The number of pyridine rings is 2. The summed E-state index contributed by atoms with van der Waals surface area (Å²) >= 11 is 0. The number of imidazole rings is 1. The molecule has 1 fully saturated rings. The predicted octanol–water partition coefficient (Wildman–Crippen LogP) is 4.05. The highest BCUT2D eigenvalue weighted by Crippen LogP contribution is 2.33. The van der Waals surface area contributed by atoms with Crippen LogP contribution in [0.1, 0.15) is 19.3 Å². The molecule has 1 saturated heterocycles. The fraction of sp³-hybridized carbons (Fsp3) is 0.296. The normalized spacial score (nSPS) is 14.1. The monoisotopic (exact) mass is 495 g/mol. The number of benzene rings is 1. The first-order valence-corrected chi connectivity index (χ1v) is 12.5. The van der Waals surface area contributed by atoms with Crippen molar-refractivity contribution < 1.29 is 4.79 Å². The Hall–Kier alpha value is -4.31. The van der Waals surface area contributed by atoms with Gasteiger partial charge in [-0.3, -0.25) is 19.9 Å². The lowest BCUT2D eigenvalue weighted by atomic mass is 10.1. The molecule has 10 heteroatoms. The molecule has 0 spiro atoms. The van der Waals surface area contributed by atoms with Crippen LogP contribution in [0.2, 0.25) is 0 Å². The number of likely N-dealkylation sites (N-methyl/N-ethyl adjacent to an activating group) is 1. The molecule has 0 radical (unpaired) electrons. The van der Waals surface area contributed by atoms with E-state index in [0.717, 1.165) is 52.0 Å². The van der Waals surface area contributed by atoms with Gasteiger partial charge in [0.2, 0.25) is 5.91 Å². The second-order valence-electron chi connectivity index (χ2n) is 9.74. The number of H-pyrrole nitrogens is 2. The predicted molar refractivity (Wildman–Crippen MR) is 145 cm³/mol. The van der Waals surface area contributed by atoms with Gasteiger partial charge >= 0.3 is 0 Å². The Morgan fingerprint density at radius 3 is 2.78 bits per heavy atom. The molecule has 0 bridgehead atoms. The summed E-state index contributed by atoms with van der Waals surface area (Å²) in [7, 11) is 3.71. The number of hydrogen-bond donors (Lipinski definition) is 3. The Bertz CT molecular complexity index is 1580. The zero-order chi connectivity index (χ0) is 25.4. The molecule has 0 aliphatic carbocycles. The Kier molecular flexibility index (Phi) is 6.01. The van der Waals surface area contributed by atoms with Crippen molar-refractivity contribution in [1.82, 2.24) is 35.0 Å². The topological polar surface area (TPSA) is 119 Å². The van der Waals surface area contributed by atoms with Gasteiger partial charge in [0, 0.05) is 30.2 Å². The van der Waals surface area contributed by atoms with Crippen LogP contribution in [0.25, 0.3) is 44.7 Å². The van der Waals surface area contributed by atoms with Crippen LogP contribution in [-0.2, 0) is 4.79 Å². The maximum absolute atomic E-state index is 12.2. The number of aromatic amines is 2. The quantitative estimate of drug-likeness (QED) is 0.325. The van der Waals surface area contributed by atoms with Gasteiger partial charge in [-0.2, -0.15) is 5.10 Å². The van der Waals surface area contributed by atoms with Gasteiger partial charge in [-0.15, -0.1) is 0 Å². The molecule has 1 aliphatic heterocycles. The Labute approximate surface area is 214 Å². The van der Waals surface area contributed by atoms with Gasteiger partial charge in [-0.25, -0.2) is 4.98 Å². The lowest BCUT2D eigenvalue weighted by molar-refractivity contribution is -0.116. The van der Waals surface area contributed by atoms with Gasteiger partial charge in [0.05, 0.1) is 47.0 Å². The van der Waals surface area contributed by atoms with Crippen LogP contribution in [-0.4, -0.2) is 74.7 Å². The molecule has 37 heavy (non-hydrogen) atoms. The number of para-hydroxylation sites is 1. The fourth-order valence-corrected chi connectivity index (χ4v) is 4.91. The van der Waals surface area contributed by atoms with E-state index in [9.17, 15) is 4.79 Å². The summed E-state index contributed by atoms with van der Waals surface area (Å²) in [5.74, 6) is 0.615. The van der Waals surface area contributed by atoms with Gasteiger partial charge in [0.25, 0.3) is 0 Å². The fourth-order valence-electron chi connectivity index (χ4n) is 4.91. The minimum absolute atomic E-state index is 0.0988. The summed E-state index contributed by atoms with van der Waals surface area (Å²) in [4.78, 5) is 33.8. The molecule has 0 unspecified atom stereocenters. The third-order valence-electron chi connectivity index (χ3n) is 6.64. The number of nitrogens with one attached hydrogen (secondary N) is 3. The van der Waals surface area contributed by atoms with Crippen molar-refractivity contribution in [3.63, 3.8) is 0 Å². The van der Waals surface area contributed by atoms with Crippen LogP contribution in [0.5, 0.6) is 0 Å². The van der Waals surface area contributed by atoms with Crippen LogP contribution >= 0.6 is 0 Å². The third-order valence-corrected chi connectivity index (χ3v) is 6.64. The average molecular weight is 496 g/mol. The molecule has 1 aliphatic rings. The number of carbonyl (C=O) groups excluding carboxylic acids is 1. The summed E-state index contributed by atoms with van der Waals surface area (Å²) in [5, 5.41) is 11.5. The van der Waals surface area contributed by atoms with E-state index >= 15 is 0 Å². The Morgan fingerprint density at radius 2 is 1.95 bits per heavy atom. The van der Waals surface area contributed by atoms with E-state index in [0.29, 0.717) is 18.1 Å². The van der Waals surface area contributed by atoms with Crippen LogP contribution in [0, 0.1) is 0 Å². The van der Waals surface area contributed by atoms with E-state index in [1.165, 1.54) is 24.9 Å². The van der Waals surface area contributed by atoms with Crippen molar-refractivity contribution in [3.05, 3.63) is 48.9 Å². The molecule has 1 aromatic carbocycles. The molecule has 0 saturated carbocycles. The minimum Gasteiger partial charge on any atom is -0.370 e. The number of anilines is 2. The zero-order valence-electron chi connectivity index (χ0n) is 21.0. The maximum atomic E-state index is 12.2. The van der Waals surface area contributed by atoms with Gasteiger partial charge in [0.1, 0.15) is 11.2 Å². The number of hydrogen-bond acceptors (Lipinski definition) is 7. The lowest BCUT2D eigenvalue weighted by Crippen LogP contribution is -2.29. The highest BCUT2D eigenvalue weighted by Gasteiger charge is 2.19. The molecule has 4 aromatic heterocycles. The molecular weight excluding hydrogens is 466 g/mol. The first kappa shape index (κ1) is 23.1. The largest absolute Gasteiger partial charge is 0.370 e. The van der Waals surface area contributed by atoms with E-state index in [1.807, 2.05) is 31.1 Å². The number of rotatable bonds is 6. The van der Waals surface area contributed by atoms with Crippen LogP contribution in [0.3, 0.4) is 0 Å². The van der Waals surface area contributed by atoms with E-state index < -0.39 is 0 Å². The number of piperidine rings is 1. The molecule has 5 aromatic rings. The first-order valence-electron chi connectivity index (χ1n) is 12.5. The van der Waals surface area contributed by atoms with Crippen molar-refractivity contribution >= 4 is 39.2 Å². The second kappa shape index (κ2) is 9.62.